The molecule has 2 N–H and O–H groups in total. The SMILES string of the molecule is CN1CCC(c2c[nH]c3ccc(CCN4C(=O)CNC4=O)cc23)CC1.Cl. The van der Waals surface area contributed by atoms with Crippen LogP contribution in [-0.4, -0.2) is 59.9 Å². The molecule has 6 nitrogen and oxygen atoms in total. The monoisotopic (exact) mass is 376 g/mol. The van der Waals surface area contributed by atoms with Crippen LogP contribution in [0.25, 0.3) is 10.9 Å². The zero-order valence-corrected chi connectivity index (χ0v) is 15.8. The van der Waals surface area contributed by atoms with Gasteiger partial charge >= 0.3 is 6.03 Å². The highest BCUT2D eigenvalue weighted by atomic mass is 35.5. The van der Waals surface area contributed by atoms with E-state index in [1.807, 2.05) is 0 Å². The first-order chi connectivity index (χ1) is 12.1. The molecule has 0 radical (unpaired) electrons. The van der Waals surface area contributed by atoms with Crippen molar-refractivity contribution in [2.24, 2.45) is 0 Å². The van der Waals surface area contributed by atoms with E-state index >= 15 is 0 Å². The first kappa shape index (κ1) is 18.7. The number of hydrogen-bond acceptors (Lipinski definition) is 3. The minimum Gasteiger partial charge on any atom is -0.361 e. The minimum absolute atomic E-state index is 0. The fourth-order valence-corrected chi connectivity index (χ4v) is 3.92. The van der Waals surface area contributed by atoms with Gasteiger partial charge in [0.2, 0.25) is 5.91 Å². The summed E-state index contributed by atoms with van der Waals surface area (Å²) in [7, 11) is 2.18. The molecule has 2 aromatic rings. The highest BCUT2D eigenvalue weighted by Crippen LogP contribution is 2.33. The molecule has 2 aliphatic heterocycles. The third kappa shape index (κ3) is 3.57. The third-order valence-electron chi connectivity index (χ3n) is 5.50. The Balaban J connectivity index is 0.00000196. The predicted octanol–water partition coefficient (Wildman–Crippen LogP) is 2.49. The van der Waals surface area contributed by atoms with Crippen molar-refractivity contribution in [3.63, 3.8) is 0 Å². The number of halogens is 1. The van der Waals surface area contributed by atoms with E-state index in [0.717, 1.165) is 24.2 Å². The second-order valence-electron chi connectivity index (χ2n) is 7.16. The molecule has 0 bridgehead atoms. The lowest BCUT2D eigenvalue weighted by atomic mass is 9.89. The lowest BCUT2D eigenvalue weighted by molar-refractivity contribution is -0.124. The number of likely N-dealkylation sites (tertiary alicyclic amines) is 1. The molecule has 140 valence electrons. The molecular formula is C19H25ClN4O2. The van der Waals surface area contributed by atoms with Crippen molar-refractivity contribution < 1.29 is 9.59 Å². The van der Waals surface area contributed by atoms with Crippen molar-refractivity contribution in [1.82, 2.24) is 20.1 Å². The molecule has 1 aromatic heterocycles. The maximum absolute atomic E-state index is 11.7. The van der Waals surface area contributed by atoms with Gasteiger partial charge in [0.1, 0.15) is 0 Å². The summed E-state index contributed by atoms with van der Waals surface area (Å²) in [5.41, 5.74) is 3.72. The average Bonchev–Trinajstić information content (AvgIpc) is 3.17. The Kier molecular flexibility index (Phi) is 5.53. The van der Waals surface area contributed by atoms with E-state index < -0.39 is 0 Å². The molecule has 3 heterocycles. The molecule has 2 fully saturated rings. The number of fused-ring (bicyclic) bond motifs is 1. The highest BCUT2D eigenvalue weighted by molar-refractivity contribution is 6.01. The number of aromatic nitrogens is 1. The largest absolute Gasteiger partial charge is 0.361 e. The van der Waals surface area contributed by atoms with Crippen LogP contribution in [0.5, 0.6) is 0 Å². The fourth-order valence-electron chi connectivity index (χ4n) is 3.92. The Morgan fingerprint density at radius 3 is 2.65 bits per heavy atom. The number of nitrogens with zero attached hydrogens (tertiary/aromatic N) is 2. The Hall–Kier alpha value is -2.05. The minimum atomic E-state index is -0.278. The number of amides is 3. The summed E-state index contributed by atoms with van der Waals surface area (Å²) in [5, 5.41) is 3.85. The summed E-state index contributed by atoms with van der Waals surface area (Å²) in [6, 6.07) is 6.13. The number of H-pyrrole nitrogens is 1. The summed E-state index contributed by atoms with van der Waals surface area (Å²) >= 11 is 0. The zero-order chi connectivity index (χ0) is 17.4. The summed E-state index contributed by atoms with van der Waals surface area (Å²) < 4.78 is 0. The van der Waals surface area contributed by atoms with Crippen molar-refractivity contribution in [3.05, 3.63) is 35.5 Å². The smallest absolute Gasteiger partial charge is 0.324 e. The van der Waals surface area contributed by atoms with Crippen molar-refractivity contribution in [1.29, 1.82) is 0 Å². The van der Waals surface area contributed by atoms with Gasteiger partial charge in [-0.1, -0.05) is 6.07 Å². The summed E-state index contributed by atoms with van der Waals surface area (Å²) in [4.78, 5) is 30.4. The van der Waals surface area contributed by atoms with Gasteiger partial charge in [-0.05, 0) is 68.6 Å². The summed E-state index contributed by atoms with van der Waals surface area (Å²) in [6.07, 6.45) is 5.22. The van der Waals surface area contributed by atoms with E-state index in [2.05, 4.69) is 46.6 Å². The molecule has 4 rings (SSSR count). The Morgan fingerprint density at radius 2 is 1.96 bits per heavy atom. The highest BCUT2D eigenvalue weighted by Gasteiger charge is 2.27. The molecule has 0 spiro atoms. The Morgan fingerprint density at radius 1 is 1.19 bits per heavy atom. The molecule has 7 heteroatoms. The molecule has 0 aliphatic carbocycles. The molecule has 2 saturated heterocycles. The van der Waals surface area contributed by atoms with E-state index in [0.29, 0.717) is 18.9 Å². The second-order valence-corrected chi connectivity index (χ2v) is 7.16. The van der Waals surface area contributed by atoms with Gasteiger partial charge in [0.15, 0.2) is 0 Å². The van der Waals surface area contributed by atoms with Crippen molar-refractivity contribution in [2.45, 2.75) is 25.2 Å². The van der Waals surface area contributed by atoms with Crippen molar-refractivity contribution >= 4 is 35.2 Å². The van der Waals surface area contributed by atoms with Gasteiger partial charge in [-0.25, -0.2) is 4.79 Å². The Labute approximate surface area is 159 Å². The fraction of sp³-hybridized carbons (Fsp3) is 0.474. The van der Waals surface area contributed by atoms with Crippen LogP contribution in [0.1, 0.15) is 29.9 Å². The number of nitrogens with one attached hydrogen (secondary N) is 2. The van der Waals surface area contributed by atoms with Gasteiger partial charge in [0.05, 0.1) is 6.54 Å². The van der Waals surface area contributed by atoms with Crippen LogP contribution in [0.15, 0.2) is 24.4 Å². The van der Waals surface area contributed by atoms with Crippen molar-refractivity contribution in [2.75, 3.05) is 33.2 Å². The number of rotatable bonds is 4. The standard InChI is InChI=1S/C19H24N4O2.ClH/c1-22-7-5-14(6-8-22)16-11-20-17-3-2-13(10-15(16)17)4-9-23-18(24)12-21-19(23)25;/h2-3,10-11,14,20H,4-9,12H2,1H3,(H,21,25);1H. The van der Waals surface area contributed by atoms with E-state index in [9.17, 15) is 9.59 Å². The molecular weight excluding hydrogens is 352 g/mol. The Bertz CT molecular complexity index is 795. The summed E-state index contributed by atoms with van der Waals surface area (Å²) in [6.45, 7) is 2.84. The van der Waals surface area contributed by atoms with E-state index in [-0.39, 0.29) is 30.9 Å². The number of carbonyl (C=O) groups is 2. The van der Waals surface area contributed by atoms with Crippen LogP contribution >= 0.6 is 12.4 Å². The van der Waals surface area contributed by atoms with Gasteiger partial charge in [0, 0.05) is 23.6 Å². The van der Waals surface area contributed by atoms with Gasteiger partial charge < -0.3 is 15.2 Å². The van der Waals surface area contributed by atoms with Crippen LogP contribution in [0.2, 0.25) is 0 Å². The zero-order valence-electron chi connectivity index (χ0n) is 15.0. The average molecular weight is 377 g/mol. The predicted molar refractivity (Wildman–Crippen MR) is 104 cm³/mol. The first-order valence-corrected chi connectivity index (χ1v) is 8.98. The number of carbonyl (C=O) groups excluding carboxylic acids is 2. The number of urea groups is 1. The van der Waals surface area contributed by atoms with Crippen LogP contribution in [0.3, 0.4) is 0 Å². The number of hydrogen-bond donors (Lipinski definition) is 2. The topological polar surface area (TPSA) is 68.4 Å². The van der Waals surface area contributed by atoms with Gasteiger partial charge in [-0.3, -0.25) is 9.69 Å². The van der Waals surface area contributed by atoms with Crippen molar-refractivity contribution in [3.8, 4) is 0 Å². The van der Waals surface area contributed by atoms with E-state index in [1.165, 1.54) is 28.7 Å². The van der Waals surface area contributed by atoms with E-state index in [1.54, 1.807) is 0 Å². The number of aromatic amines is 1. The van der Waals surface area contributed by atoms with Crippen LogP contribution in [0, 0.1) is 0 Å². The number of imide groups is 1. The lowest BCUT2D eigenvalue weighted by Gasteiger charge is -2.28. The van der Waals surface area contributed by atoms with Crippen LogP contribution in [-0.2, 0) is 11.2 Å². The maximum Gasteiger partial charge on any atom is 0.324 e. The maximum atomic E-state index is 11.7. The number of benzene rings is 1. The third-order valence-corrected chi connectivity index (χ3v) is 5.50. The van der Waals surface area contributed by atoms with Gasteiger partial charge in [0.25, 0.3) is 0 Å². The molecule has 26 heavy (non-hydrogen) atoms. The molecule has 0 saturated carbocycles. The lowest BCUT2D eigenvalue weighted by Crippen LogP contribution is -2.32. The normalized spacial score (nSPS) is 19.0. The molecule has 3 amide bonds. The van der Waals surface area contributed by atoms with Crippen LogP contribution < -0.4 is 5.32 Å². The van der Waals surface area contributed by atoms with Crippen LogP contribution in [0.4, 0.5) is 4.79 Å². The molecule has 0 atom stereocenters. The molecule has 0 unspecified atom stereocenters. The number of piperidine rings is 1. The van der Waals surface area contributed by atoms with E-state index in [4.69, 9.17) is 0 Å². The van der Waals surface area contributed by atoms with Gasteiger partial charge in [-0.15, -0.1) is 12.4 Å². The molecule has 1 aromatic carbocycles. The quantitative estimate of drug-likeness (QED) is 0.805. The first-order valence-electron chi connectivity index (χ1n) is 8.98. The molecule has 2 aliphatic rings. The summed E-state index contributed by atoms with van der Waals surface area (Å²) in [5.74, 6) is 0.464. The van der Waals surface area contributed by atoms with Gasteiger partial charge in [-0.2, -0.15) is 0 Å². The second kappa shape index (κ2) is 7.68.